The maximum Gasteiger partial charge on any atom is 0.342 e. The smallest absolute Gasteiger partial charge is 0.342 e. The number of hydrogen-bond acceptors (Lipinski definition) is 5. The summed E-state index contributed by atoms with van der Waals surface area (Å²) in [4.78, 5) is 24.3. The summed E-state index contributed by atoms with van der Waals surface area (Å²) in [5.41, 5.74) is 1.26. The number of hydrogen-bond donors (Lipinski definition) is 1. The Bertz CT molecular complexity index is 766. The molecule has 1 unspecified atom stereocenters. The molecule has 1 N–H and O–H groups in total. The van der Waals surface area contributed by atoms with E-state index in [1.54, 1.807) is 6.08 Å². The molecule has 0 amide bonds. The van der Waals surface area contributed by atoms with Gasteiger partial charge in [0.05, 0.1) is 18.4 Å². The van der Waals surface area contributed by atoms with E-state index in [0.29, 0.717) is 12.0 Å². The molecule has 1 heterocycles. The second-order valence-corrected chi connectivity index (χ2v) is 10.0. The first-order valence-electron chi connectivity index (χ1n) is 11.8. The molecule has 0 saturated heterocycles. The van der Waals surface area contributed by atoms with Crippen molar-refractivity contribution in [2.24, 2.45) is 22.7 Å². The Morgan fingerprint density at radius 2 is 2.13 bits per heavy atom. The van der Waals surface area contributed by atoms with Gasteiger partial charge in [0.1, 0.15) is 6.10 Å². The first kappa shape index (κ1) is 23.8. The molecular formula is C26H38O5. The third-order valence-corrected chi connectivity index (χ3v) is 8.15. The summed E-state index contributed by atoms with van der Waals surface area (Å²) in [6.07, 6.45) is 12.4. The molecule has 3 rings (SSSR count). The van der Waals surface area contributed by atoms with Gasteiger partial charge in [0.15, 0.2) is 0 Å². The molecule has 31 heavy (non-hydrogen) atoms. The zero-order chi connectivity index (χ0) is 22.6. The van der Waals surface area contributed by atoms with Crippen LogP contribution < -0.4 is 0 Å². The molecule has 5 nitrogen and oxygen atoms in total. The van der Waals surface area contributed by atoms with E-state index in [4.69, 9.17) is 9.47 Å². The third-order valence-electron chi connectivity index (χ3n) is 8.15. The summed E-state index contributed by atoms with van der Waals surface area (Å²) in [5, 5.41) is 10.5. The largest absolute Gasteiger partial charge is 0.462 e. The summed E-state index contributed by atoms with van der Waals surface area (Å²) in [7, 11) is 0. The fraction of sp³-hybridized carbons (Fsp3) is 0.692. The van der Waals surface area contributed by atoms with E-state index in [0.717, 1.165) is 51.4 Å². The molecule has 0 spiro atoms. The lowest BCUT2D eigenvalue weighted by Crippen LogP contribution is -2.58. The lowest BCUT2D eigenvalue weighted by atomic mass is 9.46. The zero-order valence-corrected chi connectivity index (χ0v) is 19.3. The highest BCUT2D eigenvalue weighted by molar-refractivity contribution is 5.94. The number of carbonyl (C=O) groups excluding carboxylic acids is 2. The van der Waals surface area contributed by atoms with Crippen LogP contribution in [0.1, 0.15) is 78.6 Å². The third kappa shape index (κ3) is 4.67. The molecule has 0 aromatic carbocycles. The van der Waals surface area contributed by atoms with Gasteiger partial charge in [0, 0.05) is 11.8 Å². The quantitative estimate of drug-likeness (QED) is 0.246. The lowest BCUT2D eigenvalue weighted by molar-refractivity contribution is -0.187. The number of fused-ring (bicyclic) bond motifs is 1. The van der Waals surface area contributed by atoms with E-state index in [1.165, 1.54) is 11.8 Å². The number of cyclic esters (lactones) is 1. The first-order chi connectivity index (χ1) is 14.8. The predicted molar refractivity (Wildman–Crippen MR) is 120 cm³/mol. The predicted octanol–water partition coefficient (Wildman–Crippen LogP) is 5.25. The Morgan fingerprint density at radius 3 is 2.77 bits per heavy atom. The molecule has 2 saturated carbocycles. The average molecular weight is 431 g/mol. The summed E-state index contributed by atoms with van der Waals surface area (Å²) in [6.45, 7) is 10.9. The summed E-state index contributed by atoms with van der Waals surface area (Å²) in [5.74, 6) is -0.0171. The summed E-state index contributed by atoms with van der Waals surface area (Å²) >= 11 is 0. The second kappa shape index (κ2) is 9.72. The van der Waals surface area contributed by atoms with E-state index in [9.17, 15) is 14.7 Å². The van der Waals surface area contributed by atoms with Crippen molar-refractivity contribution in [3.05, 3.63) is 36.1 Å². The van der Waals surface area contributed by atoms with Crippen molar-refractivity contribution in [2.75, 3.05) is 6.61 Å². The number of ether oxygens (including phenoxy) is 2. The highest BCUT2D eigenvalue weighted by atomic mass is 16.5. The van der Waals surface area contributed by atoms with E-state index >= 15 is 0 Å². The summed E-state index contributed by atoms with van der Waals surface area (Å²) in [6, 6.07) is 0. The van der Waals surface area contributed by atoms with Crippen LogP contribution in [0.5, 0.6) is 0 Å². The van der Waals surface area contributed by atoms with E-state index in [2.05, 4.69) is 27.4 Å². The minimum absolute atomic E-state index is 0.00445. The maximum atomic E-state index is 12.5. The standard InChI is InChI=1S/C26H38O5/c1-5-6-7-8-23(28)31-22-13-15-25(3)20(11-10-19-14-16-30-24(19)29)18(2)9-12-21(25)26(22,4)17-27/h10,14,16,20-22,27H,2,5-9,11-13,15,17H2,1,3-4H3/b19-10+/t20-,21?,22-,25+,26+/m1/s1. The SMILES string of the molecule is C=C1CCC2[C@](C)(CO)[C@H](OC(=O)CCCCC)CC[C@@]2(C)[C@@H]1C/C=C1\C=COC1=O. The minimum Gasteiger partial charge on any atom is -0.462 e. The maximum absolute atomic E-state index is 12.5. The minimum atomic E-state index is -0.480. The number of carbonyl (C=O) groups is 2. The number of allylic oxidation sites excluding steroid dienone is 2. The molecule has 2 aliphatic carbocycles. The Kier molecular flexibility index (Phi) is 7.46. The number of esters is 2. The van der Waals surface area contributed by atoms with Crippen molar-refractivity contribution in [1.29, 1.82) is 0 Å². The van der Waals surface area contributed by atoms with Gasteiger partial charge >= 0.3 is 11.9 Å². The van der Waals surface area contributed by atoms with Crippen LogP contribution in [-0.4, -0.2) is 29.8 Å². The average Bonchev–Trinajstić information content (AvgIpc) is 3.14. The van der Waals surface area contributed by atoms with E-state index < -0.39 is 5.41 Å². The van der Waals surface area contributed by atoms with Gasteiger partial charge in [-0.1, -0.05) is 51.8 Å². The molecule has 3 aliphatic rings. The van der Waals surface area contributed by atoms with Gasteiger partial charge in [-0.15, -0.1) is 0 Å². The molecule has 5 atom stereocenters. The number of aliphatic hydroxyl groups excluding tert-OH is 1. The van der Waals surface area contributed by atoms with Crippen molar-refractivity contribution in [3.8, 4) is 0 Å². The monoisotopic (exact) mass is 430 g/mol. The van der Waals surface area contributed by atoms with Crippen LogP contribution in [0.15, 0.2) is 36.1 Å². The van der Waals surface area contributed by atoms with Gasteiger partial charge in [-0.3, -0.25) is 4.79 Å². The normalized spacial score (nSPS) is 36.4. The van der Waals surface area contributed by atoms with Crippen molar-refractivity contribution in [3.63, 3.8) is 0 Å². The van der Waals surface area contributed by atoms with Crippen molar-refractivity contribution in [2.45, 2.75) is 84.7 Å². The molecule has 0 bridgehead atoms. The highest BCUT2D eigenvalue weighted by Gasteiger charge is 2.58. The van der Waals surface area contributed by atoms with E-state index in [1.807, 2.05) is 6.08 Å². The molecule has 1 aliphatic heterocycles. The van der Waals surface area contributed by atoms with Crippen molar-refractivity contribution >= 4 is 11.9 Å². The molecule has 172 valence electrons. The van der Waals surface area contributed by atoms with Crippen LogP contribution >= 0.6 is 0 Å². The van der Waals surface area contributed by atoms with Gasteiger partial charge < -0.3 is 14.6 Å². The van der Waals surface area contributed by atoms with E-state index in [-0.39, 0.29) is 41.9 Å². The molecule has 0 aromatic heterocycles. The Balaban J connectivity index is 1.78. The molecule has 2 fully saturated rings. The van der Waals surface area contributed by atoms with Crippen LogP contribution in [0.3, 0.4) is 0 Å². The van der Waals surface area contributed by atoms with Gasteiger partial charge in [-0.25, -0.2) is 4.79 Å². The number of rotatable bonds is 8. The molecular weight excluding hydrogens is 392 g/mol. The highest BCUT2D eigenvalue weighted by Crippen LogP contribution is 2.62. The van der Waals surface area contributed by atoms with Crippen molar-refractivity contribution in [1.82, 2.24) is 0 Å². The fourth-order valence-electron chi connectivity index (χ4n) is 6.25. The van der Waals surface area contributed by atoms with Gasteiger partial charge in [-0.05, 0) is 61.9 Å². The van der Waals surface area contributed by atoms with Crippen LogP contribution in [0.25, 0.3) is 0 Å². The number of aliphatic hydroxyl groups is 1. The zero-order valence-electron chi connectivity index (χ0n) is 19.3. The molecule has 0 aromatic rings. The van der Waals surface area contributed by atoms with Gasteiger partial charge in [0.2, 0.25) is 0 Å². The summed E-state index contributed by atoms with van der Waals surface area (Å²) < 4.78 is 10.9. The first-order valence-corrected chi connectivity index (χ1v) is 11.8. The fourth-order valence-corrected chi connectivity index (χ4v) is 6.25. The second-order valence-electron chi connectivity index (χ2n) is 10.0. The Hall–Kier alpha value is -1.88. The van der Waals surface area contributed by atoms with Crippen LogP contribution in [0.4, 0.5) is 0 Å². The van der Waals surface area contributed by atoms with Gasteiger partial charge in [-0.2, -0.15) is 0 Å². The Labute approximate surface area is 186 Å². The lowest BCUT2D eigenvalue weighted by Gasteiger charge is -2.60. The van der Waals surface area contributed by atoms with Crippen molar-refractivity contribution < 1.29 is 24.2 Å². The molecule has 5 heteroatoms. The van der Waals surface area contributed by atoms with Crippen LogP contribution in [0, 0.1) is 22.7 Å². The topological polar surface area (TPSA) is 72.8 Å². The van der Waals surface area contributed by atoms with Crippen LogP contribution in [0.2, 0.25) is 0 Å². The number of unbranched alkanes of at least 4 members (excludes halogenated alkanes) is 2. The Morgan fingerprint density at radius 1 is 1.35 bits per heavy atom. The molecule has 0 radical (unpaired) electrons. The van der Waals surface area contributed by atoms with Gasteiger partial charge in [0.25, 0.3) is 0 Å². The van der Waals surface area contributed by atoms with Crippen LogP contribution in [-0.2, 0) is 19.1 Å².